The van der Waals surface area contributed by atoms with Crippen LogP contribution in [0.2, 0.25) is 0 Å². The Bertz CT molecular complexity index is 722. The number of hydrogen-bond acceptors (Lipinski definition) is 5. The van der Waals surface area contributed by atoms with Crippen LogP contribution in [-0.4, -0.2) is 57.3 Å². The maximum Gasteiger partial charge on any atom is 0.227 e. The second-order valence-electron chi connectivity index (χ2n) is 8.07. The average molecular weight is 357 g/mol. The number of anilines is 1. The minimum atomic E-state index is -0.0405. The van der Waals surface area contributed by atoms with E-state index in [2.05, 4.69) is 14.9 Å². The van der Waals surface area contributed by atoms with Crippen molar-refractivity contribution in [1.29, 1.82) is 0 Å². The van der Waals surface area contributed by atoms with Crippen LogP contribution in [-0.2, 0) is 16.0 Å². The number of hydrogen-bond donors (Lipinski definition) is 1. The number of nitrogen functional groups attached to an aromatic ring is 1. The van der Waals surface area contributed by atoms with Gasteiger partial charge in [-0.25, -0.2) is 9.97 Å². The Labute approximate surface area is 154 Å². The summed E-state index contributed by atoms with van der Waals surface area (Å²) in [7, 11) is 0. The molecule has 140 valence electrons. The molecule has 2 bridgehead atoms. The molecule has 0 spiro atoms. The van der Waals surface area contributed by atoms with E-state index in [1.807, 2.05) is 18.7 Å². The van der Waals surface area contributed by atoms with E-state index in [9.17, 15) is 9.59 Å². The Morgan fingerprint density at radius 2 is 1.81 bits per heavy atom. The molecule has 3 aliphatic heterocycles. The average Bonchev–Trinajstić information content (AvgIpc) is 3.41. The minimum absolute atomic E-state index is 0.0405. The van der Waals surface area contributed by atoms with Gasteiger partial charge < -0.3 is 15.5 Å². The van der Waals surface area contributed by atoms with E-state index < -0.39 is 0 Å². The van der Waals surface area contributed by atoms with E-state index in [1.165, 1.54) is 12.8 Å². The van der Waals surface area contributed by atoms with Crippen molar-refractivity contribution in [3.63, 3.8) is 0 Å². The topological polar surface area (TPSA) is 92.4 Å². The van der Waals surface area contributed by atoms with Crippen molar-refractivity contribution in [2.45, 2.75) is 52.0 Å². The number of amides is 2. The number of aromatic nitrogens is 2. The second kappa shape index (κ2) is 6.52. The summed E-state index contributed by atoms with van der Waals surface area (Å²) in [4.78, 5) is 38.1. The molecular formula is C19H27N5O2. The Kier molecular flexibility index (Phi) is 4.32. The second-order valence-corrected chi connectivity index (χ2v) is 8.07. The van der Waals surface area contributed by atoms with E-state index in [1.54, 1.807) is 0 Å². The van der Waals surface area contributed by atoms with Crippen molar-refractivity contribution in [3.8, 4) is 0 Å². The summed E-state index contributed by atoms with van der Waals surface area (Å²) in [5, 5.41) is 0. The standard InChI is InChI=1S/C19H27N5O2/c1-11-16(12(2)22-19(20)21-11)7-17(25)23-9-14-5-6-15(10-23)24(18(14)26)8-13-3-4-13/h13-15H,3-10H2,1-2H3,(H2,20,21,22)/t14-,15+/m1/s1. The predicted octanol–water partition coefficient (Wildman–Crippen LogP) is 1.08. The Morgan fingerprint density at radius 3 is 2.46 bits per heavy atom. The summed E-state index contributed by atoms with van der Waals surface area (Å²) >= 11 is 0. The predicted molar refractivity (Wildman–Crippen MR) is 97.2 cm³/mol. The van der Waals surface area contributed by atoms with Crippen LogP contribution < -0.4 is 5.73 Å². The molecule has 26 heavy (non-hydrogen) atoms. The number of carbonyl (C=O) groups excluding carboxylic acids is 2. The third kappa shape index (κ3) is 3.27. The van der Waals surface area contributed by atoms with Crippen molar-refractivity contribution < 1.29 is 9.59 Å². The molecule has 1 aromatic heterocycles. The molecule has 4 heterocycles. The van der Waals surface area contributed by atoms with Gasteiger partial charge in [0.2, 0.25) is 17.8 Å². The lowest BCUT2D eigenvalue weighted by atomic mass is 9.94. The van der Waals surface area contributed by atoms with Gasteiger partial charge in [0.1, 0.15) is 0 Å². The normalized spacial score (nSPS) is 25.5. The zero-order valence-corrected chi connectivity index (χ0v) is 15.6. The van der Waals surface area contributed by atoms with Crippen LogP contribution in [0.3, 0.4) is 0 Å². The monoisotopic (exact) mass is 357 g/mol. The molecule has 4 aliphatic rings. The molecule has 0 aromatic carbocycles. The van der Waals surface area contributed by atoms with Gasteiger partial charge >= 0.3 is 0 Å². The van der Waals surface area contributed by atoms with Gasteiger partial charge in [-0.1, -0.05) is 0 Å². The summed E-state index contributed by atoms with van der Waals surface area (Å²) in [6.07, 6.45) is 4.65. The molecule has 2 atom stereocenters. The van der Waals surface area contributed by atoms with Gasteiger partial charge in [-0.05, 0) is 45.4 Å². The summed E-state index contributed by atoms with van der Waals surface area (Å²) in [6, 6.07) is 0.177. The van der Waals surface area contributed by atoms with Gasteiger partial charge in [-0.3, -0.25) is 9.59 Å². The molecule has 1 aromatic rings. The number of nitrogens with two attached hydrogens (primary N) is 1. The molecule has 4 fully saturated rings. The summed E-state index contributed by atoms with van der Waals surface area (Å²) in [6.45, 7) is 5.80. The van der Waals surface area contributed by atoms with Crippen LogP contribution in [0.15, 0.2) is 0 Å². The first-order valence-electron chi connectivity index (χ1n) is 9.60. The number of aryl methyl sites for hydroxylation is 2. The van der Waals surface area contributed by atoms with E-state index >= 15 is 0 Å². The fourth-order valence-corrected chi connectivity index (χ4v) is 4.35. The van der Waals surface area contributed by atoms with Gasteiger partial charge in [0.25, 0.3) is 0 Å². The first-order valence-corrected chi connectivity index (χ1v) is 9.60. The Balaban J connectivity index is 1.50. The molecule has 5 rings (SSSR count). The number of fused-ring (bicyclic) bond motifs is 4. The van der Waals surface area contributed by atoms with Crippen LogP contribution in [0.1, 0.15) is 42.6 Å². The van der Waals surface area contributed by atoms with E-state index in [-0.39, 0.29) is 36.1 Å². The highest BCUT2D eigenvalue weighted by Crippen LogP contribution is 2.35. The fraction of sp³-hybridized carbons (Fsp3) is 0.684. The van der Waals surface area contributed by atoms with Crippen LogP contribution in [0.4, 0.5) is 5.95 Å². The quantitative estimate of drug-likeness (QED) is 0.870. The summed E-state index contributed by atoms with van der Waals surface area (Å²) in [5.74, 6) is 1.19. The molecule has 1 aliphatic carbocycles. The molecule has 2 amide bonds. The molecule has 7 heteroatoms. The van der Waals surface area contributed by atoms with Crippen LogP contribution in [0, 0.1) is 25.7 Å². The van der Waals surface area contributed by atoms with Gasteiger partial charge in [0.15, 0.2) is 0 Å². The molecule has 7 nitrogen and oxygen atoms in total. The molecule has 3 saturated heterocycles. The van der Waals surface area contributed by atoms with Gasteiger partial charge in [-0.2, -0.15) is 0 Å². The highest BCUT2D eigenvalue weighted by atomic mass is 16.2. The van der Waals surface area contributed by atoms with Crippen molar-refractivity contribution in [1.82, 2.24) is 19.8 Å². The van der Waals surface area contributed by atoms with Crippen molar-refractivity contribution in [3.05, 3.63) is 17.0 Å². The number of rotatable bonds is 4. The first-order chi connectivity index (χ1) is 12.4. The lowest BCUT2D eigenvalue weighted by Gasteiger charge is -2.36. The zero-order chi connectivity index (χ0) is 18.4. The first kappa shape index (κ1) is 17.2. The Hall–Kier alpha value is -2.18. The number of carbonyl (C=O) groups is 2. The van der Waals surface area contributed by atoms with Crippen molar-refractivity contribution in [2.75, 3.05) is 25.4 Å². The Morgan fingerprint density at radius 1 is 1.12 bits per heavy atom. The van der Waals surface area contributed by atoms with Crippen molar-refractivity contribution in [2.24, 2.45) is 11.8 Å². The van der Waals surface area contributed by atoms with Gasteiger partial charge in [-0.15, -0.1) is 0 Å². The molecule has 0 radical (unpaired) electrons. The number of piperidine rings is 1. The third-order valence-corrected chi connectivity index (χ3v) is 6.06. The van der Waals surface area contributed by atoms with E-state index in [0.29, 0.717) is 19.0 Å². The lowest BCUT2D eigenvalue weighted by molar-refractivity contribution is -0.140. The maximum atomic E-state index is 13.0. The fourth-order valence-electron chi connectivity index (χ4n) is 4.35. The number of nitrogens with zero attached hydrogens (tertiary/aromatic N) is 4. The molecule has 1 saturated carbocycles. The van der Waals surface area contributed by atoms with Crippen LogP contribution in [0.25, 0.3) is 0 Å². The van der Waals surface area contributed by atoms with Crippen molar-refractivity contribution >= 4 is 17.8 Å². The maximum absolute atomic E-state index is 13.0. The minimum Gasteiger partial charge on any atom is -0.368 e. The zero-order valence-electron chi connectivity index (χ0n) is 15.6. The smallest absolute Gasteiger partial charge is 0.227 e. The van der Waals surface area contributed by atoms with Gasteiger partial charge in [0, 0.05) is 42.6 Å². The highest BCUT2D eigenvalue weighted by Gasteiger charge is 2.43. The summed E-state index contributed by atoms with van der Waals surface area (Å²) < 4.78 is 0. The largest absolute Gasteiger partial charge is 0.368 e. The van der Waals surface area contributed by atoms with Crippen LogP contribution in [0.5, 0.6) is 0 Å². The highest BCUT2D eigenvalue weighted by molar-refractivity contribution is 5.84. The lowest BCUT2D eigenvalue weighted by Crippen LogP contribution is -2.48. The molecular weight excluding hydrogens is 330 g/mol. The third-order valence-electron chi connectivity index (χ3n) is 6.06. The van der Waals surface area contributed by atoms with E-state index in [0.717, 1.165) is 36.3 Å². The SMILES string of the molecule is Cc1nc(N)nc(C)c1CC(=O)N1C[C@H]2CC[C@@H](C1)N(CC1CC1)C2=O. The van der Waals surface area contributed by atoms with Gasteiger partial charge in [0.05, 0.1) is 12.3 Å². The van der Waals surface area contributed by atoms with Crippen LogP contribution >= 0.6 is 0 Å². The van der Waals surface area contributed by atoms with E-state index in [4.69, 9.17) is 5.73 Å². The molecule has 2 N–H and O–H groups in total. The summed E-state index contributed by atoms with van der Waals surface area (Å²) in [5.41, 5.74) is 8.05. The molecule has 0 unspecified atom stereocenters.